The number of ether oxygens (including phenoxy) is 2. The molecule has 346 valence electrons. The number of aromatic nitrogens is 8. The summed E-state index contributed by atoms with van der Waals surface area (Å²) < 4.78 is 72.2. The SMILES string of the molecule is CC(C)C(=O)Cc1nc2c(ncn2[C@@H]2O[C@@H]3COP(=O)(O)O[C@H]4[C@@H](N)[C@H](n5cnc6c(=O)[nH]c(NC(=O)C(C)C)nc65)O[C@@H]4COP(=O)(O)O[C@H]3[C@H]2O[Si](C)(C)C(C)(C)C)c(=O)[nH]1. The van der Waals surface area contributed by atoms with E-state index in [1.807, 2.05) is 33.9 Å². The van der Waals surface area contributed by atoms with Crippen LogP contribution in [-0.2, 0) is 57.1 Å². The molecule has 0 saturated carbocycles. The number of H-pyrrole nitrogens is 2. The Labute approximate surface area is 360 Å². The zero-order valence-corrected chi connectivity index (χ0v) is 38.7. The maximum absolute atomic E-state index is 14.0. The Kier molecular flexibility index (Phi) is 12.8. The predicted octanol–water partition coefficient (Wildman–Crippen LogP) is 2.15. The van der Waals surface area contributed by atoms with E-state index < -0.39 is 114 Å². The van der Waals surface area contributed by atoms with Crippen LogP contribution in [0.5, 0.6) is 0 Å². The Morgan fingerprint density at radius 1 is 0.889 bits per heavy atom. The summed E-state index contributed by atoms with van der Waals surface area (Å²) in [5, 5.41) is 2.06. The Balaban J connectivity index is 1.22. The van der Waals surface area contributed by atoms with Crippen molar-refractivity contribution < 1.29 is 60.5 Å². The zero-order chi connectivity index (χ0) is 46.1. The number of hydrogen-bond acceptors (Lipinski definition) is 18. The van der Waals surface area contributed by atoms with Gasteiger partial charge in [0, 0.05) is 11.8 Å². The number of phosphoric acid groups is 2. The molecule has 7 heterocycles. The molecule has 7 rings (SSSR count). The standard InChI is InChI=1S/C35H52N10O15P2Si/c1-15(2)17(46)10-20-39-27-22(30(48)40-20)38-14-45(27)33-26(60-63(8,9)35(5,6)7)25-19(57-33)12-55-61(50,51)58-24-18(11-54-62(52,53)59-25)56-32(21(24)36)44-13-37-23-28(44)41-34(43-31(23)49)42-29(47)16(3)4/h13-16,18-19,21,24-26,32-33H,10-12,36H2,1-9H3,(H,50,51)(H,52,53)(H,39,40,48)(H2,41,42,43,47,49)/t18-,19-,21-,24-,25-,26-,32-,33-/m1/s1. The molecule has 0 aromatic carbocycles. The molecule has 63 heavy (non-hydrogen) atoms. The first kappa shape index (κ1) is 47.1. The van der Waals surface area contributed by atoms with Crippen LogP contribution >= 0.6 is 15.6 Å². The number of carbonyl (C=O) groups excluding carboxylic acids is 2. The highest BCUT2D eigenvalue weighted by molar-refractivity contribution is 7.47. The van der Waals surface area contributed by atoms with Crippen LogP contribution in [-0.4, -0.2) is 119 Å². The average molecular weight is 943 g/mol. The Bertz CT molecular complexity index is 2630. The van der Waals surface area contributed by atoms with E-state index >= 15 is 0 Å². The topological polar surface area (TPSA) is 339 Å². The molecule has 4 aromatic rings. The van der Waals surface area contributed by atoms with E-state index in [1.165, 1.54) is 21.8 Å². The van der Waals surface area contributed by atoms with Gasteiger partial charge in [0.05, 0.1) is 38.3 Å². The maximum atomic E-state index is 14.0. The zero-order valence-electron chi connectivity index (χ0n) is 35.9. The third kappa shape index (κ3) is 9.59. The summed E-state index contributed by atoms with van der Waals surface area (Å²) in [6, 6.07) is -1.36. The number of phosphoric ester groups is 2. The number of hydrogen-bond donors (Lipinski definition) is 6. The van der Waals surface area contributed by atoms with E-state index in [0.717, 1.165) is 0 Å². The van der Waals surface area contributed by atoms with Gasteiger partial charge >= 0.3 is 15.6 Å². The molecular formula is C35H52N10O15P2Si. The molecule has 4 aromatic heterocycles. The Morgan fingerprint density at radius 2 is 1.41 bits per heavy atom. The second-order valence-electron chi connectivity index (χ2n) is 17.7. The third-order valence-electron chi connectivity index (χ3n) is 11.4. The lowest BCUT2D eigenvalue weighted by Gasteiger charge is -2.40. The van der Waals surface area contributed by atoms with Crippen LogP contribution < -0.4 is 22.2 Å². The Morgan fingerprint density at radius 3 is 1.98 bits per heavy atom. The molecule has 3 saturated heterocycles. The number of ketones is 1. The van der Waals surface area contributed by atoms with Crippen LogP contribution in [0.3, 0.4) is 0 Å². The van der Waals surface area contributed by atoms with Gasteiger partial charge in [-0.1, -0.05) is 48.5 Å². The van der Waals surface area contributed by atoms with E-state index in [2.05, 4.69) is 35.2 Å². The van der Waals surface area contributed by atoms with Crippen molar-refractivity contribution in [3.05, 3.63) is 39.2 Å². The quantitative estimate of drug-likeness (QED) is 0.103. The highest BCUT2D eigenvalue weighted by Gasteiger charge is 2.56. The van der Waals surface area contributed by atoms with E-state index in [4.69, 9.17) is 37.7 Å². The second kappa shape index (κ2) is 17.2. The van der Waals surface area contributed by atoms with E-state index in [-0.39, 0.29) is 52.2 Å². The molecule has 0 bridgehead atoms. The van der Waals surface area contributed by atoms with Crippen molar-refractivity contribution >= 4 is 63.9 Å². The predicted molar refractivity (Wildman–Crippen MR) is 222 cm³/mol. The van der Waals surface area contributed by atoms with Gasteiger partial charge in [0.15, 0.2) is 43.1 Å². The smallest absolute Gasteiger partial charge is 0.407 e. The fourth-order valence-electron chi connectivity index (χ4n) is 6.86. The number of carbonyl (C=O) groups is 2. The molecule has 7 N–H and O–H groups in total. The molecule has 10 atom stereocenters. The lowest BCUT2D eigenvalue weighted by atomic mass is 10.1. The van der Waals surface area contributed by atoms with Gasteiger partial charge in [0.2, 0.25) is 11.9 Å². The van der Waals surface area contributed by atoms with Gasteiger partial charge in [-0.25, -0.2) is 24.1 Å². The van der Waals surface area contributed by atoms with E-state index in [9.17, 15) is 38.1 Å². The summed E-state index contributed by atoms with van der Waals surface area (Å²) in [6.07, 6.45) is -7.70. The fraction of sp³-hybridized carbons (Fsp3) is 0.657. The number of nitrogens with zero attached hydrogens (tertiary/aromatic N) is 6. The molecular weight excluding hydrogens is 890 g/mol. The number of rotatable bonds is 9. The molecule has 1 amide bonds. The van der Waals surface area contributed by atoms with Crippen molar-refractivity contribution in [2.75, 3.05) is 18.5 Å². The van der Waals surface area contributed by atoms with Crippen LogP contribution in [0.1, 0.15) is 66.7 Å². The minimum absolute atomic E-state index is 0.00695. The van der Waals surface area contributed by atoms with Gasteiger partial charge in [-0.15, -0.1) is 0 Å². The maximum Gasteiger partial charge on any atom is 0.472 e. The number of anilines is 1. The normalized spacial score (nSPS) is 31.0. The van der Waals surface area contributed by atoms with Crippen molar-refractivity contribution in [2.24, 2.45) is 17.6 Å². The number of aromatic amines is 2. The molecule has 2 unspecified atom stereocenters. The van der Waals surface area contributed by atoms with Gasteiger partial charge in [0.1, 0.15) is 42.1 Å². The molecule has 3 aliphatic rings. The number of imidazole rings is 2. The van der Waals surface area contributed by atoms with E-state index in [0.29, 0.717) is 0 Å². The summed E-state index contributed by atoms with van der Waals surface area (Å²) in [5.41, 5.74) is 4.87. The molecule has 0 spiro atoms. The van der Waals surface area contributed by atoms with Crippen LogP contribution in [0.2, 0.25) is 18.1 Å². The van der Waals surface area contributed by atoms with Crippen molar-refractivity contribution in [2.45, 2.75) is 122 Å². The summed E-state index contributed by atoms with van der Waals surface area (Å²) >= 11 is 0. The van der Waals surface area contributed by atoms with Crippen LogP contribution in [0.4, 0.5) is 5.95 Å². The lowest BCUT2D eigenvalue weighted by Crippen LogP contribution is -2.49. The third-order valence-corrected chi connectivity index (χ3v) is 17.9. The van der Waals surface area contributed by atoms with Gasteiger partial charge in [-0.05, 0) is 18.1 Å². The van der Waals surface area contributed by atoms with Crippen LogP contribution in [0.25, 0.3) is 22.3 Å². The molecule has 0 aliphatic carbocycles. The van der Waals surface area contributed by atoms with Crippen LogP contribution in [0.15, 0.2) is 22.2 Å². The second-order valence-corrected chi connectivity index (χ2v) is 25.3. The van der Waals surface area contributed by atoms with Gasteiger partial charge < -0.3 is 34.4 Å². The first-order valence-electron chi connectivity index (χ1n) is 20.1. The van der Waals surface area contributed by atoms with Crippen molar-refractivity contribution in [3.63, 3.8) is 0 Å². The minimum Gasteiger partial charge on any atom is -0.407 e. The fourth-order valence-corrected chi connectivity index (χ4v) is 10.1. The molecule has 25 nitrogen and oxygen atoms in total. The first-order valence-corrected chi connectivity index (χ1v) is 26.0. The number of amides is 1. The monoisotopic (exact) mass is 942 g/mol. The van der Waals surface area contributed by atoms with Crippen molar-refractivity contribution in [1.29, 1.82) is 0 Å². The highest BCUT2D eigenvalue weighted by atomic mass is 31.2. The number of fused-ring (bicyclic) bond motifs is 4. The Hall–Kier alpha value is -3.88. The largest absolute Gasteiger partial charge is 0.472 e. The van der Waals surface area contributed by atoms with Crippen molar-refractivity contribution in [3.8, 4) is 0 Å². The summed E-state index contributed by atoms with van der Waals surface area (Å²) in [7, 11) is -13.2. The van der Waals surface area contributed by atoms with Gasteiger partial charge in [-0.2, -0.15) is 4.98 Å². The lowest BCUT2D eigenvalue weighted by molar-refractivity contribution is -0.121. The molecule has 3 fully saturated rings. The molecule has 0 radical (unpaired) electrons. The van der Waals surface area contributed by atoms with E-state index in [1.54, 1.807) is 27.7 Å². The van der Waals surface area contributed by atoms with Crippen molar-refractivity contribution in [1.82, 2.24) is 39.0 Å². The first-order chi connectivity index (χ1) is 29.3. The van der Waals surface area contributed by atoms with Gasteiger partial charge in [0.25, 0.3) is 11.1 Å². The number of nitrogens with two attached hydrogens (primary N) is 1. The number of nitrogens with one attached hydrogen (secondary N) is 3. The highest BCUT2D eigenvalue weighted by Crippen LogP contribution is 2.54. The summed E-state index contributed by atoms with van der Waals surface area (Å²) in [6.45, 7) is 14.8. The summed E-state index contributed by atoms with van der Waals surface area (Å²) in [4.78, 5) is 95.9. The summed E-state index contributed by atoms with van der Waals surface area (Å²) in [5.74, 6) is -1.56. The van der Waals surface area contributed by atoms with Crippen LogP contribution in [0, 0.1) is 11.8 Å². The minimum atomic E-state index is -5.16. The average Bonchev–Trinajstić information content (AvgIpc) is 3.93. The molecule has 3 aliphatic heterocycles. The number of Topliss-reactive ketones (excluding diaryl/α,β-unsaturated/α-hetero) is 1. The molecule has 28 heteroatoms. The van der Waals surface area contributed by atoms with Gasteiger partial charge in [-0.3, -0.25) is 56.7 Å².